The monoisotopic (exact) mass is 323 g/mol. The van der Waals surface area contributed by atoms with Crippen molar-refractivity contribution in [2.75, 3.05) is 16.8 Å². The summed E-state index contributed by atoms with van der Waals surface area (Å²) in [5, 5.41) is 3.75. The number of hydrogen-bond donors (Lipinski definition) is 1. The number of aryl methyl sites for hydroxylation is 1. The maximum Gasteiger partial charge on any atom is 0.126 e. The molecule has 0 bridgehead atoms. The van der Waals surface area contributed by atoms with Crippen LogP contribution >= 0.6 is 0 Å². The molecule has 3 unspecified atom stereocenters. The van der Waals surface area contributed by atoms with E-state index in [9.17, 15) is 0 Å². The molecule has 1 aromatic carbocycles. The summed E-state index contributed by atoms with van der Waals surface area (Å²) in [5.41, 5.74) is 3.83. The van der Waals surface area contributed by atoms with Crippen LogP contribution in [0.5, 0.6) is 0 Å². The van der Waals surface area contributed by atoms with Gasteiger partial charge in [-0.3, -0.25) is 0 Å². The molecule has 24 heavy (non-hydrogen) atoms. The largest absolute Gasteiger partial charge is 0.368 e. The predicted molar refractivity (Wildman–Crippen MR) is 103 cm³/mol. The zero-order valence-corrected chi connectivity index (χ0v) is 15.3. The average Bonchev–Trinajstić information content (AvgIpc) is 2.61. The van der Waals surface area contributed by atoms with E-state index in [1.54, 1.807) is 0 Å². The second-order valence-electron chi connectivity index (χ2n) is 6.68. The average molecular weight is 323 g/mol. The van der Waals surface area contributed by atoms with Crippen LogP contribution in [0.2, 0.25) is 0 Å². The fraction of sp³-hybridized carbons (Fsp3) is 0.476. The summed E-state index contributed by atoms with van der Waals surface area (Å²) >= 11 is 0. The molecule has 0 spiro atoms. The van der Waals surface area contributed by atoms with Gasteiger partial charge in [-0.1, -0.05) is 38.1 Å². The van der Waals surface area contributed by atoms with Crippen LogP contribution in [-0.4, -0.2) is 17.6 Å². The lowest BCUT2D eigenvalue weighted by atomic mass is 9.78. The van der Waals surface area contributed by atoms with E-state index in [4.69, 9.17) is 0 Å². The van der Waals surface area contributed by atoms with E-state index < -0.39 is 0 Å². The van der Waals surface area contributed by atoms with Gasteiger partial charge in [0.25, 0.3) is 0 Å². The summed E-state index contributed by atoms with van der Waals surface area (Å²) in [6, 6.07) is 15.9. The molecule has 1 N–H and O–H groups in total. The number of hydrogen-bond acceptors (Lipinski definition) is 3. The number of nitrogens with zero attached hydrogens (tertiary/aromatic N) is 2. The first kappa shape index (κ1) is 16.8. The minimum atomic E-state index is 0.313. The Balaban J connectivity index is 2.04. The number of anilines is 2. The predicted octanol–water partition coefficient (Wildman–Crippen LogP) is 5.19. The number of aromatic nitrogens is 1. The molecular weight excluding hydrogens is 294 g/mol. The van der Waals surface area contributed by atoms with E-state index in [2.05, 4.69) is 72.4 Å². The number of pyridine rings is 1. The molecule has 3 nitrogen and oxygen atoms in total. The van der Waals surface area contributed by atoms with E-state index in [1.807, 2.05) is 13.0 Å². The quantitative estimate of drug-likeness (QED) is 0.821. The molecule has 0 saturated heterocycles. The third kappa shape index (κ3) is 3.00. The molecule has 0 saturated carbocycles. The summed E-state index contributed by atoms with van der Waals surface area (Å²) in [5.74, 6) is 1.56. The summed E-state index contributed by atoms with van der Waals surface area (Å²) in [4.78, 5) is 7.26. The second-order valence-corrected chi connectivity index (χ2v) is 6.68. The molecule has 3 rings (SSSR count). The Bertz CT molecular complexity index is 682. The molecule has 128 valence electrons. The zero-order chi connectivity index (χ0) is 17.1. The molecule has 1 aromatic heterocycles. The van der Waals surface area contributed by atoms with Crippen LogP contribution in [0, 0.1) is 12.8 Å². The van der Waals surface area contributed by atoms with Crippen molar-refractivity contribution >= 4 is 11.5 Å². The molecular formula is C21H29N3. The van der Waals surface area contributed by atoms with Gasteiger partial charge in [0.2, 0.25) is 0 Å². The number of para-hydroxylation sites is 1. The van der Waals surface area contributed by atoms with Crippen molar-refractivity contribution in [1.29, 1.82) is 0 Å². The maximum absolute atomic E-state index is 4.67. The number of benzene rings is 1. The van der Waals surface area contributed by atoms with Crippen LogP contribution in [0.1, 0.15) is 50.9 Å². The third-order valence-corrected chi connectivity index (χ3v) is 5.33. The van der Waals surface area contributed by atoms with Gasteiger partial charge in [0, 0.05) is 29.9 Å². The highest BCUT2D eigenvalue weighted by Crippen LogP contribution is 2.44. The Labute approximate surface area is 146 Å². The molecule has 3 heteroatoms. The highest BCUT2D eigenvalue weighted by Gasteiger charge is 2.38. The standard InChI is InChI=1S/C21H29N3/c1-5-16-18(6-2)24(7-3)19-13-9-8-12-17(19)21(16)23-20-14-10-11-15(4)22-20/h8-14,16,18,21H,5-7H2,1-4H3,(H,22,23). The van der Waals surface area contributed by atoms with Crippen LogP contribution in [-0.2, 0) is 0 Å². The second kappa shape index (κ2) is 7.25. The summed E-state index contributed by atoms with van der Waals surface area (Å²) < 4.78 is 0. The number of nitrogens with one attached hydrogen (secondary N) is 1. The van der Waals surface area contributed by atoms with Gasteiger partial charge in [0.15, 0.2) is 0 Å². The minimum absolute atomic E-state index is 0.313. The lowest BCUT2D eigenvalue weighted by molar-refractivity contribution is 0.318. The van der Waals surface area contributed by atoms with Crippen LogP contribution in [0.3, 0.4) is 0 Å². The van der Waals surface area contributed by atoms with Gasteiger partial charge in [-0.05, 0) is 50.5 Å². The van der Waals surface area contributed by atoms with Crippen molar-refractivity contribution in [2.24, 2.45) is 5.92 Å². The maximum atomic E-state index is 4.67. The molecule has 0 fully saturated rings. The smallest absolute Gasteiger partial charge is 0.126 e. The first-order chi connectivity index (χ1) is 11.7. The highest BCUT2D eigenvalue weighted by molar-refractivity contribution is 5.60. The molecule has 3 atom stereocenters. The van der Waals surface area contributed by atoms with Gasteiger partial charge in [-0.15, -0.1) is 0 Å². The third-order valence-electron chi connectivity index (χ3n) is 5.33. The first-order valence-corrected chi connectivity index (χ1v) is 9.25. The minimum Gasteiger partial charge on any atom is -0.368 e. The Hall–Kier alpha value is -2.03. The Kier molecular flexibility index (Phi) is 5.08. The number of rotatable bonds is 5. The van der Waals surface area contributed by atoms with E-state index in [0.29, 0.717) is 18.0 Å². The summed E-state index contributed by atoms with van der Waals surface area (Å²) in [6.45, 7) is 9.99. The van der Waals surface area contributed by atoms with Crippen LogP contribution in [0.25, 0.3) is 0 Å². The van der Waals surface area contributed by atoms with E-state index >= 15 is 0 Å². The Morgan fingerprint density at radius 2 is 1.79 bits per heavy atom. The lowest BCUT2D eigenvalue weighted by Gasteiger charge is -2.47. The van der Waals surface area contributed by atoms with Crippen molar-refractivity contribution in [2.45, 2.75) is 52.6 Å². The van der Waals surface area contributed by atoms with Crippen LogP contribution in [0.4, 0.5) is 11.5 Å². The van der Waals surface area contributed by atoms with E-state index in [1.165, 1.54) is 17.7 Å². The van der Waals surface area contributed by atoms with Crippen LogP contribution < -0.4 is 10.2 Å². The SMILES string of the molecule is CCC1C(Nc2cccc(C)n2)c2ccccc2N(CC)C1CC. The Morgan fingerprint density at radius 1 is 1.00 bits per heavy atom. The summed E-state index contributed by atoms with van der Waals surface area (Å²) in [6.07, 6.45) is 2.33. The number of fused-ring (bicyclic) bond motifs is 1. The molecule has 1 aliphatic rings. The fourth-order valence-electron chi connectivity index (χ4n) is 4.28. The van der Waals surface area contributed by atoms with Crippen molar-refractivity contribution < 1.29 is 0 Å². The van der Waals surface area contributed by atoms with E-state index in [-0.39, 0.29) is 0 Å². The molecule has 0 radical (unpaired) electrons. The van der Waals surface area contributed by atoms with Crippen molar-refractivity contribution in [1.82, 2.24) is 4.98 Å². The molecule has 0 aliphatic carbocycles. The van der Waals surface area contributed by atoms with Gasteiger partial charge < -0.3 is 10.2 Å². The van der Waals surface area contributed by atoms with Gasteiger partial charge in [-0.25, -0.2) is 4.98 Å². The zero-order valence-electron chi connectivity index (χ0n) is 15.3. The van der Waals surface area contributed by atoms with Crippen molar-refractivity contribution in [3.05, 3.63) is 53.7 Å². The lowest BCUT2D eigenvalue weighted by Crippen LogP contribution is -2.48. The van der Waals surface area contributed by atoms with Crippen molar-refractivity contribution in [3.8, 4) is 0 Å². The van der Waals surface area contributed by atoms with Gasteiger partial charge in [-0.2, -0.15) is 0 Å². The normalized spacial score (nSPS) is 23.0. The Morgan fingerprint density at radius 3 is 2.46 bits per heavy atom. The molecule has 0 amide bonds. The van der Waals surface area contributed by atoms with Gasteiger partial charge >= 0.3 is 0 Å². The molecule has 1 aliphatic heterocycles. The van der Waals surface area contributed by atoms with E-state index in [0.717, 1.165) is 24.5 Å². The van der Waals surface area contributed by atoms with Crippen molar-refractivity contribution in [3.63, 3.8) is 0 Å². The molecule has 2 heterocycles. The van der Waals surface area contributed by atoms with Crippen LogP contribution in [0.15, 0.2) is 42.5 Å². The highest BCUT2D eigenvalue weighted by atomic mass is 15.2. The summed E-state index contributed by atoms with van der Waals surface area (Å²) in [7, 11) is 0. The fourth-order valence-corrected chi connectivity index (χ4v) is 4.28. The topological polar surface area (TPSA) is 28.2 Å². The van der Waals surface area contributed by atoms with Gasteiger partial charge in [0.05, 0.1) is 6.04 Å². The van der Waals surface area contributed by atoms with Gasteiger partial charge in [0.1, 0.15) is 5.82 Å². The first-order valence-electron chi connectivity index (χ1n) is 9.25. The molecule has 2 aromatic rings.